The Bertz CT molecular complexity index is 1810. The summed E-state index contributed by atoms with van der Waals surface area (Å²) in [6.07, 6.45) is 2.88. The average Bonchev–Trinajstić information content (AvgIpc) is 3.78. The SMILES string of the molecule is Cc1cc(O)ccc1Cc1cc([C@H]2C[C@@H](OCc3ccccc3)CC3(C[C@@H]3OCc3ccccc3)O2)c(OCc2ccccc2)cc1C. The lowest BCUT2D eigenvalue weighted by Gasteiger charge is -2.37. The van der Waals surface area contributed by atoms with Crippen molar-refractivity contribution in [2.75, 3.05) is 0 Å². The van der Waals surface area contributed by atoms with E-state index in [2.05, 4.69) is 67.6 Å². The molecule has 1 saturated carbocycles. The van der Waals surface area contributed by atoms with E-state index < -0.39 is 5.60 Å². The van der Waals surface area contributed by atoms with E-state index in [0.717, 1.165) is 64.8 Å². The zero-order valence-corrected chi connectivity index (χ0v) is 27.8. The summed E-state index contributed by atoms with van der Waals surface area (Å²) in [4.78, 5) is 0. The molecule has 1 saturated heterocycles. The first-order valence-corrected chi connectivity index (χ1v) is 17.0. The van der Waals surface area contributed by atoms with Crippen LogP contribution in [0.3, 0.4) is 0 Å². The van der Waals surface area contributed by atoms with Gasteiger partial charge >= 0.3 is 0 Å². The van der Waals surface area contributed by atoms with Crippen molar-refractivity contribution in [2.45, 2.75) is 83.3 Å². The summed E-state index contributed by atoms with van der Waals surface area (Å²) in [7, 11) is 0. The highest BCUT2D eigenvalue weighted by molar-refractivity contribution is 5.47. The van der Waals surface area contributed by atoms with Crippen LogP contribution in [0.2, 0.25) is 0 Å². The summed E-state index contributed by atoms with van der Waals surface area (Å²) in [5.74, 6) is 1.13. The number of aryl methyl sites for hydroxylation is 2. The number of hydrogen-bond acceptors (Lipinski definition) is 5. The number of phenolic OH excluding ortho intramolecular Hbond substituents is 1. The van der Waals surface area contributed by atoms with E-state index in [1.807, 2.05) is 61.5 Å². The minimum Gasteiger partial charge on any atom is -0.508 e. The van der Waals surface area contributed by atoms with E-state index in [4.69, 9.17) is 18.9 Å². The molecule has 5 aromatic rings. The summed E-state index contributed by atoms with van der Waals surface area (Å²) in [5, 5.41) is 10.0. The summed E-state index contributed by atoms with van der Waals surface area (Å²) < 4.78 is 26.8. The molecule has 5 nitrogen and oxygen atoms in total. The molecule has 0 bridgehead atoms. The fourth-order valence-corrected chi connectivity index (χ4v) is 6.90. The predicted molar refractivity (Wildman–Crippen MR) is 188 cm³/mol. The number of hydrogen-bond donors (Lipinski definition) is 1. The molecule has 246 valence electrons. The Hall–Kier alpha value is -4.42. The molecule has 7 rings (SSSR count). The maximum absolute atomic E-state index is 10.0. The Morgan fingerprint density at radius 2 is 1.27 bits per heavy atom. The topological polar surface area (TPSA) is 57.2 Å². The summed E-state index contributed by atoms with van der Waals surface area (Å²) in [6.45, 7) is 5.78. The van der Waals surface area contributed by atoms with Gasteiger partial charge in [-0.1, -0.05) is 97.1 Å². The maximum Gasteiger partial charge on any atom is 0.125 e. The van der Waals surface area contributed by atoms with Crippen LogP contribution in [0.1, 0.15) is 69.9 Å². The van der Waals surface area contributed by atoms with Crippen molar-refractivity contribution in [2.24, 2.45) is 0 Å². The fraction of sp³-hybridized carbons (Fsp3) is 0.302. The van der Waals surface area contributed by atoms with Crippen LogP contribution in [-0.2, 0) is 40.5 Å². The van der Waals surface area contributed by atoms with Gasteiger partial charge in [-0.25, -0.2) is 0 Å². The first-order valence-electron chi connectivity index (χ1n) is 17.0. The zero-order chi connectivity index (χ0) is 32.9. The molecule has 1 unspecified atom stereocenters. The van der Waals surface area contributed by atoms with Gasteiger partial charge < -0.3 is 24.1 Å². The van der Waals surface area contributed by atoms with Crippen LogP contribution in [-0.4, -0.2) is 22.9 Å². The molecule has 0 amide bonds. The molecule has 5 aromatic carbocycles. The number of aromatic hydroxyl groups is 1. The van der Waals surface area contributed by atoms with Crippen molar-refractivity contribution < 1.29 is 24.1 Å². The molecule has 2 aliphatic rings. The van der Waals surface area contributed by atoms with Crippen molar-refractivity contribution in [1.29, 1.82) is 0 Å². The molecule has 48 heavy (non-hydrogen) atoms. The van der Waals surface area contributed by atoms with Gasteiger partial charge in [0, 0.05) is 24.8 Å². The van der Waals surface area contributed by atoms with Crippen LogP contribution in [0.15, 0.2) is 121 Å². The first-order chi connectivity index (χ1) is 23.4. The van der Waals surface area contributed by atoms with Crippen LogP contribution >= 0.6 is 0 Å². The van der Waals surface area contributed by atoms with Gasteiger partial charge in [-0.05, 0) is 83.5 Å². The van der Waals surface area contributed by atoms with Gasteiger partial charge in [-0.3, -0.25) is 0 Å². The monoisotopic (exact) mass is 640 g/mol. The van der Waals surface area contributed by atoms with Gasteiger partial charge in [0.05, 0.1) is 31.5 Å². The summed E-state index contributed by atoms with van der Waals surface area (Å²) in [6, 6.07) is 41.1. The molecular formula is C43H44O5. The number of ether oxygens (including phenoxy) is 4. The van der Waals surface area contributed by atoms with E-state index in [0.29, 0.717) is 19.8 Å². The molecule has 0 aromatic heterocycles. The Labute approximate surface area is 284 Å². The third-order valence-corrected chi connectivity index (χ3v) is 9.77. The molecular weight excluding hydrogens is 596 g/mol. The highest BCUT2D eigenvalue weighted by Crippen LogP contribution is 2.55. The summed E-state index contributed by atoms with van der Waals surface area (Å²) in [5.41, 5.74) is 8.70. The lowest BCUT2D eigenvalue weighted by molar-refractivity contribution is -0.152. The highest BCUT2D eigenvalue weighted by atomic mass is 16.6. The molecule has 1 heterocycles. The average molecular weight is 641 g/mol. The van der Waals surface area contributed by atoms with Crippen molar-refractivity contribution in [3.63, 3.8) is 0 Å². The number of benzene rings is 5. The number of rotatable bonds is 12. The minimum atomic E-state index is -0.408. The Kier molecular flexibility index (Phi) is 9.62. The van der Waals surface area contributed by atoms with E-state index in [1.54, 1.807) is 6.07 Å². The van der Waals surface area contributed by atoms with Crippen LogP contribution in [0.5, 0.6) is 11.5 Å². The molecule has 0 radical (unpaired) electrons. The maximum atomic E-state index is 10.0. The minimum absolute atomic E-state index is 0.000325. The molecule has 2 fully saturated rings. The van der Waals surface area contributed by atoms with Crippen LogP contribution in [0, 0.1) is 13.8 Å². The van der Waals surface area contributed by atoms with Gasteiger partial charge in [0.2, 0.25) is 0 Å². The zero-order valence-electron chi connectivity index (χ0n) is 27.8. The molecule has 1 aliphatic carbocycles. The van der Waals surface area contributed by atoms with Gasteiger partial charge in [0.25, 0.3) is 0 Å². The molecule has 1 spiro atoms. The molecule has 1 aliphatic heterocycles. The number of phenols is 1. The van der Waals surface area contributed by atoms with Crippen molar-refractivity contribution >= 4 is 0 Å². The Balaban J connectivity index is 1.19. The fourth-order valence-electron chi connectivity index (χ4n) is 6.90. The van der Waals surface area contributed by atoms with E-state index in [1.165, 1.54) is 11.1 Å². The second-order valence-electron chi connectivity index (χ2n) is 13.4. The van der Waals surface area contributed by atoms with Crippen molar-refractivity contribution in [3.05, 3.63) is 166 Å². The van der Waals surface area contributed by atoms with Crippen molar-refractivity contribution in [3.8, 4) is 11.5 Å². The molecule has 1 N–H and O–H groups in total. The van der Waals surface area contributed by atoms with Crippen LogP contribution in [0.4, 0.5) is 0 Å². The lowest BCUT2D eigenvalue weighted by Crippen LogP contribution is -2.37. The molecule has 5 heteroatoms. The predicted octanol–water partition coefficient (Wildman–Crippen LogP) is 9.34. The van der Waals surface area contributed by atoms with Gasteiger partial charge in [0.1, 0.15) is 23.7 Å². The quantitative estimate of drug-likeness (QED) is 0.147. The summed E-state index contributed by atoms with van der Waals surface area (Å²) >= 11 is 0. The largest absolute Gasteiger partial charge is 0.508 e. The molecule has 4 atom stereocenters. The first kappa shape index (κ1) is 32.1. The van der Waals surface area contributed by atoms with Crippen LogP contribution in [0.25, 0.3) is 0 Å². The standard InChI is InChI=1S/C43H44O5/c1-30-20-37(44)19-18-35(30)22-36-23-39(40(21-31(36)2)46-28-33-14-8-4-9-15-33)41-24-38(45-27-32-12-6-3-7-13-32)25-43(48-41)26-42(43)47-29-34-16-10-5-11-17-34/h3-21,23,38,41-42,44H,22,24-29H2,1-2H3/t38-,41-,42+,43?/m1/s1. The third-order valence-electron chi connectivity index (χ3n) is 9.77. The van der Waals surface area contributed by atoms with Crippen LogP contribution < -0.4 is 4.74 Å². The van der Waals surface area contributed by atoms with Gasteiger partial charge in [0.15, 0.2) is 0 Å². The van der Waals surface area contributed by atoms with Gasteiger partial charge in [-0.2, -0.15) is 0 Å². The van der Waals surface area contributed by atoms with E-state index in [9.17, 15) is 5.11 Å². The third kappa shape index (κ3) is 7.65. The smallest absolute Gasteiger partial charge is 0.125 e. The van der Waals surface area contributed by atoms with Gasteiger partial charge in [-0.15, -0.1) is 0 Å². The van der Waals surface area contributed by atoms with Crippen molar-refractivity contribution in [1.82, 2.24) is 0 Å². The highest BCUT2D eigenvalue weighted by Gasteiger charge is 2.61. The van der Waals surface area contributed by atoms with E-state index in [-0.39, 0.29) is 24.1 Å². The van der Waals surface area contributed by atoms with E-state index >= 15 is 0 Å². The lowest BCUT2D eigenvalue weighted by atomic mass is 9.90. The second kappa shape index (κ2) is 14.4. The normalized spacial score (nSPS) is 21.7. The Morgan fingerprint density at radius 1 is 0.667 bits per heavy atom. The Morgan fingerprint density at radius 3 is 1.92 bits per heavy atom. The second-order valence-corrected chi connectivity index (χ2v) is 13.4.